The first kappa shape index (κ1) is 15.1. The lowest BCUT2D eigenvalue weighted by Gasteiger charge is -2.05. The Balaban J connectivity index is 2.98. The van der Waals surface area contributed by atoms with Crippen LogP contribution >= 0.6 is 0 Å². The Morgan fingerprint density at radius 3 is 2.19 bits per heavy atom. The number of carbonyl (C=O) groups is 1. The maximum Gasteiger partial charge on any atom is 0.307 e. The van der Waals surface area contributed by atoms with Gasteiger partial charge in [0.25, 0.3) is 0 Å². The molecule has 0 aliphatic carbocycles. The molecule has 0 atom stereocenters. The van der Waals surface area contributed by atoms with E-state index in [2.05, 4.69) is 11.3 Å². The maximum absolute atomic E-state index is 10.7. The molecule has 0 aromatic carbocycles. The Bertz CT molecular complexity index is 181. The van der Waals surface area contributed by atoms with Crippen molar-refractivity contribution in [3.8, 4) is 0 Å². The molecule has 0 aliphatic rings. The van der Waals surface area contributed by atoms with Crippen molar-refractivity contribution in [1.29, 1.82) is 0 Å². The Morgan fingerprint density at radius 1 is 1.06 bits per heavy atom. The van der Waals surface area contributed by atoms with Crippen molar-refractivity contribution in [2.75, 3.05) is 46.8 Å². The first-order chi connectivity index (χ1) is 7.81. The fraction of sp³-hybridized carbons (Fsp3) is 0.727. The van der Waals surface area contributed by atoms with Crippen molar-refractivity contribution in [2.45, 2.75) is 6.42 Å². The molecular formula is C11H20O5. The van der Waals surface area contributed by atoms with Gasteiger partial charge in [0.05, 0.1) is 53.2 Å². The molecule has 0 N–H and O–H groups in total. The average molecular weight is 232 g/mol. The predicted molar refractivity (Wildman–Crippen MR) is 59.3 cm³/mol. The predicted octanol–water partition coefficient (Wildman–Crippen LogP) is 0.785. The van der Waals surface area contributed by atoms with Gasteiger partial charge in [-0.2, -0.15) is 0 Å². The highest BCUT2D eigenvalue weighted by molar-refractivity contribution is 5.69. The molecule has 0 bridgehead atoms. The molecule has 16 heavy (non-hydrogen) atoms. The quantitative estimate of drug-likeness (QED) is 0.299. The summed E-state index contributed by atoms with van der Waals surface area (Å²) in [6.07, 6.45) is 1.97. The lowest BCUT2D eigenvalue weighted by Crippen LogP contribution is -2.11. The van der Waals surface area contributed by atoms with E-state index in [9.17, 15) is 4.79 Å². The van der Waals surface area contributed by atoms with Gasteiger partial charge < -0.3 is 18.9 Å². The number of hydrogen-bond acceptors (Lipinski definition) is 5. The summed E-state index contributed by atoms with van der Waals surface area (Å²) >= 11 is 0. The number of ether oxygens (including phenoxy) is 4. The van der Waals surface area contributed by atoms with Crippen LogP contribution in [-0.2, 0) is 23.7 Å². The molecule has 0 aromatic heterocycles. The van der Waals surface area contributed by atoms with E-state index in [-0.39, 0.29) is 12.4 Å². The van der Waals surface area contributed by atoms with Gasteiger partial charge in [0, 0.05) is 0 Å². The molecule has 0 unspecified atom stereocenters. The van der Waals surface area contributed by atoms with Crippen LogP contribution in [0.3, 0.4) is 0 Å². The van der Waals surface area contributed by atoms with Gasteiger partial charge in [-0.05, 0) is 0 Å². The highest BCUT2D eigenvalue weighted by Crippen LogP contribution is 1.87. The zero-order valence-corrected chi connectivity index (χ0v) is 9.78. The molecule has 0 fully saturated rings. The second-order valence-electron chi connectivity index (χ2n) is 2.91. The number of carbonyl (C=O) groups excluding carboxylic acids is 1. The molecule has 0 radical (unpaired) electrons. The zero-order chi connectivity index (χ0) is 12.1. The summed E-state index contributed by atoms with van der Waals surface area (Å²) in [5, 5.41) is 0. The molecule has 94 valence electrons. The lowest BCUT2D eigenvalue weighted by atomic mass is 10.5. The van der Waals surface area contributed by atoms with E-state index in [0.717, 1.165) is 0 Å². The van der Waals surface area contributed by atoms with Crippen molar-refractivity contribution >= 4 is 5.97 Å². The summed E-state index contributed by atoms with van der Waals surface area (Å²) in [4.78, 5) is 10.7. The topological polar surface area (TPSA) is 54.0 Å². The SMILES string of the molecule is C=CCOCCOCCOCCC(=O)OC. The largest absolute Gasteiger partial charge is 0.469 e. The normalized spacial score (nSPS) is 10.1. The Morgan fingerprint density at radius 2 is 1.62 bits per heavy atom. The minimum absolute atomic E-state index is 0.265. The van der Waals surface area contributed by atoms with Crippen LogP contribution in [0.4, 0.5) is 0 Å². The first-order valence-electron chi connectivity index (χ1n) is 5.22. The van der Waals surface area contributed by atoms with Crippen LogP contribution in [0.15, 0.2) is 12.7 Å². The van der Waals surface area contributed by atoms with Gasteiger partial charge in [0.1, 0.15) is 0 Å². The van der Waals surface area contributed by atoms with Crippen LogP contribution in [0, 0.1) is 0 Å². The van der Waals surface area contributed by atoms with E-state index < -0.39 is 0 Å². The highest BCUT2D eigenvalue weighted by atomic mass is 16.5. The lowest BCUT2D eigenvalue weighted by molar-refractivity contribution is -0.141. The van der Waals surface area contributed by atoms with E-state index in [1.54, 1.807) is 6.08 Å². The van der Waals surface area contributed by atoms with E-state index in [1.807, 2.05) is 0 Å². The third kappa shape index (κ3) is 11.2. The molecule has 0 saturated carbocycles. The van der Waals surface area contributed by atoms with Crippen LogP contribution in [0.1, 0.15) is 6.42 Å². The minimum Gasteiger partial charge on any atom is -0.469 e. The van der Waals surface area contributed by atoms with Crippen LogP contribution < -0.4 is 0 Å². The van der Waals surface area contributed by atoms with Gasteiger partial charge in [-0.15, -0.1) is 6.58 Å². The smallest absolute Gasteiger partial charge is 0.307 e. The number of esters is 1. The van der Waals surface area contributed by atoms with E-state index in [4.69, 9.17) is 14.2 Å². The molecule has 0 saturated heterocycles. The van der Waals surface area contributed by atoms with Crippen LogP contribution in [0.5, 0.6) is 0 Å². The fourth-order valence-corrected chi connectivity index (χ4v) is 0.864. The van der Waals surface area contributed by atoms with Crippen molar-refractivity contribution in [1.82, 2.24) is 0 Å². The Labute approximate surface area is 96.3 Å². The van der Waals surface area contributed by atoms with Crippen LogP contribution in [0.2, 0.25) is 0 Å². The summed E-state index contributed by atoms with van der Waals surface area (Å²) in [6.45, 7) is 6.49. The highest BCUT2D eigenvalue weighted by Gasteiger charge is 1.98. The average Bonchev–Trinajstić information content (AvgIpc) is 2.31. The van der Waals surface area contributed by atoms with Crippen molar-refractivity contribution < 1.29 is 23.7 Å². The van der Waals surface area contributed by atoms with E-state index in [1.165, 1.54) is 7.11 Å². The third-order valence-electron chi connectivity index (χ3n) is 1.66. The molecule has 0 rings (SSSR count). The van der Waals surface area contributed by atoms with Gasteiger partial charge in [0.2, 0.25) is 0 Å². The first-order valence-corrected chi connectivity index (χ1v) is 5.22. The van der Waals surface area contributed by atoms with Crippen LogP contribution in [-0.4, -0.2) is 52.7 Å². The van der Waals surface area contributed by atoms with Crippen molar-refractivity contribution in [3.63, 3.8) is 0 Å². The Kier molecular flexibility index (Phi) is 11.5. The molecule has 0 heterocycles. The molecule has 0 aromatic rings. The molecule has 0 aliphatic heterocycles. The molecule has 5 nitrogen and oxygen atoms in total. The van der Waals surface area contributed by atoms with Gasteiger partial charge in [-0.25, -0.2) is 0 Å². The second kappa shape index (κ2) is 12.2. The van der Waals surface area contributed by atoms with Gasteiger partial charge >= 0.3 is 5.97 Å². The standard InChI is InChI=1S/C11H20O5/c1-3-5-14-7-9-16-10-8-15-6-4-11(12)13-2/h3H,1,4-10H2,2H3. The fourth-order valence-electron chi connectivity index (χ4n) is 0.864. The van der Waals surface area contributed by atoms with Gasteiger partial charge in [-0.1, -0.05) is 6.08 Å². The Hall–Kier alpha value is -0.910. The van der Waals surface area contributed by atoms with Gasteiger partial charge in [0.15, 0.2) is 0 Å². The summed E-state index contributed by atoms with van der Waals surface area (Å²) in [5.74, 6) is -0.265. The third-order valence-corrected chi connectivity index (χ3v) is 1.66. The summed E-state index contributed by atoms with van der Waals surface area (Å²) < 4.78 is 19.9. The van der Waals surface area contributed by atoms with Crippen molar-refractivity contribution in [2.24, 2.45) is 0 Å². The molecule has 0 amide bonds. The van der Waals surface area contributed by atoms with Crippen LogP contribution in [0.25, 0.3) is 0 Å². The summed E-state index contributed by atoms with van der Waals surface area (Å²) in [5.41, 5.74) is 0. The molecular weight excluding hydrogens is 212 g/mol. The number of methoxy groups -OCH3 is 1. The second-order valence-corrected chi connectivity index (χ2v) is 2.91. The number of hydrogen-bond donors (Lipinski definition) is 0. The maximum atomic E-state index is 10.7. The van der Waals surface area contributed by atoms with E-state index in [0.29, 0.717) is 39.6 Å². The monoisotopic (exact) mass is 232 g/mol. The molecule has 0 spiro atoms. The molecule has 5 heteroatoms. The van der Waals surface area contributed by atoms with E-state index >= 15 is 0 Å². The summed E-state index contributed by atoms with van der Waals surface area (Å²) in [6, 6.07) is 0. The van der Waals surface area contributed by atoms with Crippen molar-refractivity contribution in [3.05, 3.63) is 12.7 Å². The number of rotatable bonds is 11. The summed E-state index contributed by atoms with van der Waals surface area (Å²) in [7, 11) is 1.36. The minimum atomic E-state index is -0.265. The zero-order valence-electron chi connectivity index (χ0n) is 9.78. The van der Waals surface area contributed by atoms with Gasteiger partial charge in [-0.3, -0.25) is 4.79 Å².